The number of likely N-dealkylation sites (N-methyl/N-ethyl adjacent to an activating group) is 1. The van der Waals surface area contributed by atoms with Crippen LogP contribution in [0.1, 0.15) is 213 Å². The summed E-state index contributed by atoms with van der Waals surface area (Å²) in [5.41, 5.74) is 0. The van der Waals surface area contributed by atoms with Crippen LogP contribution in [0.3, 0.4) is 0 Å². The Morgan fingerprint density at radius 1 is 0.556 bits per heavy atom. The monoisotopic (exact) mass is 911 g/mol. The van der Waals surface area contributed by atoms with Crippen molar-refractivity contribution in [3.05, 3.63) is 48.6 Å². The van der Waals surface area contributed by atoms with Gasteiger partial charge in [0.1, 0.15) is 19.8 Å². The van der Waals surface area contributed by atoms with Crippen molar-refractivity contribution in [2.45, 2.75) is 225 Å². The quantitative estimate of drug-likeness (QED) is 0.0202. The molecule has 368 valence electrons. The summed E-state index contributed by atoms with van der Waals surface area (Å²) in [6.45, 7) is 3.93. The summed E-state index contributed by atoms with van der Waals surface area (Å²) in [5.74, 6) is -0.874. The van der Waals surface area contributed by atoms with Crippen LogP contribution in [0.25, 0.3) is 0 Å². The van der Waals surface area contributed by atoms with E-state index in [2.05, 4.69) is 49.5 Å². The minimum atomic E-state index is -4.40. The molecule has 0 aliphatic heterocycles. The molecule has 0 heterocycles. The molecule has 63 heavy (non-hydrogen) atoms. The summed E-state index contributed by atoms with van der Waals surface area (Å²) in [7, 11) is 1.43. The first-order valence-electron chi connectivity index (χ1n) is 25.4. The molecule has 0 fully saturated rings. The van der Waals surface area contributed by atoms with Crippen molar-refractivity contribution in [2.75, 3.05) is 47.5 Å². The summed E-state index contributed by atoms with van der Waals surface area (Å²) >= 11 is 0. The number of carbonyl (C=O) groups excluding carboxylic acids is 2. The molecule has 0 amide bonds. The molecule has 0 rings (SSSR count). The Balaban J connectivity index is 4.31. The maximum atomic E-state index is 12.8. The van der Waals surface area contributed by atoms with Gasteiger partial charge >= 0.3 is 19.8 Å². The Labute approximate surface area is 386 Å². The molecule has 10 nitrogen and oxygen atoms in total. The molecule has 0 aromatic rings. The molecule has 0 saturated carbocycles. The van der Waals surface area contributed by atoms with Crippen LogP contribution in [-0.2, 0) is 32.7 Å². The van der Waals surface area contributed by atoms with Crippen LogP contribution in [0.5, 0.6) is 0 Å². The Morgan fingerprint density at radius 3 is 1.41 bits per heavy atom. The van der Waals surface area contributed by atoms with Crippen molar-refractivity contribution < 1.29 is 47.2 Å². The number of aliphatic hydroxyl groups excluding tert-OH is 1. The molecule has 0 aromatic carbocycles. The number of phosphoric ester groups is 1. The topological polar surface area (TPSA) is 129 Å². The number of hydrogen-bond acceptors (Lipinski definition) is 8. The summed E-state index contributed by atoms with van der Waals surface area (Å²) in [5, 5.41) is 9.29. The SMILES string of the molecule is CCCCCCCCCCCCCCCCCCCCCCCC(=O)O[C@H](COC(=O)CCC/C=C\C/C=C\C/C=C\C/C=C\CCC[C@@H](C)O)COP(=O)(O)OCC[N+](C)(C)C. The lowest BCUT2D eigenvalue weighted by atomic mass is 10.0. The maximum Gasteiger partial charge on any atom is 0.472 e. The number of allylic oxidation sites excluding steroid dienone is 8. The number of phosphoric acid groups is 1. The highest BCUT2D eigenvalue weighted by Gasteiger charge is 2.27. The Hall–Kier alpha value is -2.07. The summed E-state index contributed by atoms with van der Waals surface area (Å²) in [6, 6.07) is 0. The summed E-state index contributed by atoms with van der Waals surface area (Å²) < 4.78 is 34.4. The van der Waals surface area contributed by atoms with Crippen molar-refractivity contribution in [3.63, 3.8) is 0 Å². The van der Waals surface area contributed by atoms with E-state index >= 15 is 0 Å². The van der Waals surface area contributed by atoms with Crippen molar-refractivity contribution in [2.24, 2.45) is 0 Å². The number of esters is 2. The molecule has 0 spiro atoms. The van der Waals surface area contributed by atoms with E-state index in [1.165, 1.54) is 109 Å². The summed E-state index contributed by atoms with van der Waals surface area (Å²) in [6.07, 6.45) is 50.2. The number of carbonyl (C=O) groups is 2. The van der Waals surface area contributed by atoms with Crippen molar-refractivity contribution in [1.29, 1.82) is 0 Å². The highest BCUT2D eigenvalue weighted by molar-refractivity contribution is 7.47. The van der Waals surface area contributed by atoms with E-state index in [0.717, 1.165) is 64.2 Å². The average Bonchev–Trinajstić information content (AvgIpc) is 3.22. The zero-order valence-corrected chi connectivity index (χ0v) is 42.1. The normalized spacial score (nSPS) is 14.3. The van der Waals surface area contributed by atoms with Gasteiger partial charge < -0.3 is 24.0 Å². The van der Waals surface area contributed by atoms with E-state index in [-0.39, 0.29) is 32.2 Å². The molecular formula is C52H97NO9P+. The second-order valence-electron chi connectivity index (χ2n) is 18.5. The molecule has 0 aromatic heterocycles. The summed E-state index contributed by atoms with van der Waals surface area (Å²) in [4.78, 5) is 35.5. The fourth-order valence-electron chi connectivity index (χ4n) is 6.91. The minimum Gasteiger partial charge on any atom is -0.462 e. The Bertz CT molecular complexity index is 1230. The molecule has 0 aliphatic rings. The first kappa shape index (κ1) is 60.9. The number of aliphatic hydroxyl groups is 1. The molecule has 0 radical (unpaired) electrons. The van der Waals surface area contributed by atoms with E-state index in [0.29, 0.717) is 23.9 Å². The van der Waals surface area contributed by atoms with Gasteiger partial charge in [-0.3, -0.25) is 18.6 Å². The van der Waals surface area contributed by atoms with Gasteiger partial charge in [-0.05, 0) is 64.7 Å². The van der Waals surface area contributed by atoms with Crippen LogP contribution >= 0.6 is 7.82 Å². The number of unbranched alkanes of at least 4 members (excludes halogenated alkanes) is 22. The maximum absolute atomic E-state index is 12.8. The van der Waals surface area contributed by atoms with Gasteiger partial charge in [0.25, 0.3) is 0 Å². The zero-order valence-electron chi connectivity index (χ0n) is 41.2. The standard InChI is InChI=1S/C52H96NO9P/c1-6-7-8-9-10-11-12-13-14-15-16-17-18-19-22-26-29-32-35-38-41-44-52(56)62-50(48-61-63(57,58)60-46-45-53(3,4)5)47-59-51(55)43-40-37-34-31-28-25-23-20-21-24-27-30-33-36-39-42-49(2)54/h21,23-25,30-31,33-34,49-50,54H,6-20,22,26-29,32,35-48H2,1-5H3/p+1/b24-21-,25-23-,33-30-,34-31-/t49-,50-/m1/s1. The van der Waals surface area contributed by atoms with Gasteiger partial charge in [0.05, 0.1) is 33.9 Å². The van der Waals surface area contributed by atoms with E-state index < -0.39 is 32.5 Å². The lowest BCUT2D eigenvalue weighted by Crippen LogP contribution is -2.37. The highest BCUT2D eigenvalue weighted by atomic mass is 31.2. The Morgan fingerprint density at radius 2 is 0.968 bits per heavy atom. The van der Waals surface area contributed by atoms with E-state index in [9.17, 15) is 24.2 Å². The number of nitrogens with zero attached hydrogens (tertiary/aromatic N) is 1. The first-order valence-corrected chi connectivity index (χ1v) is 26.9. The van der Waals surface area contributed by atoms with Crippen LogP contribution in [0, 0.1) is 0 Å². The molecule has 1 unspecified atom stereocenters. The van der Waals surface area contributed by atoms with Crippen LogP contribution in [0.2, 0.25) is 0 Å². The fraction of sp³-hybridized carbons (Fsp3) is 0.808. The largest absolute Gasteiger partial charge is 0.472 e. The van der Waals surface area contributed by atoms with Gasteiger partial charge in [0.2, 0.25) is 0 Å². The van der Waals surface area contributed by atoms with Gasteiger partial charge in [0, 0.05) is 12.8 Å². The van der Waals surface area contributed by atoms with Crippen LogP contribution < -0.4 is 0 Å². The molecule has 3 atom stereocenters. The third kappa shape index (κ3) is 49.2. The molecule has 11 heteroatoms. The van der Waals surface area contributed by atoms with Crippen LogP contribution in [-0.4, -0.2) is 86.1 Å². The van der Waals surface area contributed by atoms with Gasteiger partial charge in [-0.25, -0.2) is 4.57 Å². The Kier molecular flexibility index (Phi) is 42.4. The van der Waals surface area contributed by atoms with Gasteiger partial charge in [-0.1, -0.05) is 184 Å². The van der Waals surface area contributed by atoms with E-state index in [1.54, 1.807) is 0 Å². The smallest absolute Gasteiger partial charge is 0.462 e. The van der Waals surface area contributed by atoms with Crippen LogP contribution in [0.4, 0.5) is 0 Å². The lowest BCUT2D eigenvalue weighted by molar-refractivity contribution is -0.870. The number of rotatable bonds is 46. The minimum absolute atomic E-state index is 0.0179. The molecule has 0 bridgehead atoms. The third-order valence-electron chi connectivity index (χ3n) is 10.9. The fourth-order valence-corrected chi connectivity index (χ4v) is 7.65. The number of ether oxygens (including phenoxy) is 2. The van der Waals surface area contributed by atoms with Crippen molar-refractivity contribution in [3.8, 4) is 0 Å². The molecular weight excluding hydrogens is 814 g/mol. The average molecular weight is 911 g/mol. The second kappa shape index (κ2) is 43.8. The van der Waals surface area contributed by atoms with Crippen molar-refractivity contribution >= 4 is 19.8 Å². The zero-order chi connectivity index (χ0) is 46.5. The molecule has 2 N–H and O–H groups in total. The van der Waals surface area contributed by atoms with E-state index in [4.69, 9.17) is 18.5 Å². The van der Waals surface area contributed by atoms with Crippen molar-refractivity contribution in [1.82, 2.24) is 0 Å². The van der Waals surface area contributed by atoms with Gasteiger partial charge in [0.15, 0.2) is 6.10 Å². The highest BCUT2D eigenvalue weighted by Crippen LogP contribution is 2.43. The lowest BCUT2D eigenvalue weighted by Gasteiger charge is -2.24. The molecule has 0 saturated heterocycles. The predicted molar refractivity (Wildman–Crippen MR) is 263 cm³/mol. The number of quaternary nitrogens is 1. The second-order valence-corrected chi connectivity index (χ2v) is 19.9. The van der Waals surface area contributed by atoms with Gasteiger partial charge in [-0.15, -0.1) is 0 Å². The predicted octanol–water partition coefficient (Wildman–Crippen LogP) is 14.0. The van der Waals surface area contributed by atoms with Gasteiger partial charge in [-0.2, -0.15) is 0 Å². The third-order valence-corrected chi connectivity index (χ3v) is 11.9. The molecule has 0 aliphatic carbocycles. The first-order chi connectivity index (χ1) is 30.3. The van der Waals surface area contributed by atoms with E-state index in [1.807, 2.05) is 34.1 Å². The van der Waals surface area contributed by atoms with Crippen LogP contribution in [0.15, 0.2) is 48.6 Å². The number of hydrogen-bond donors (Lipinski definition) is 2.